The molecule has 0 aromatic heterocycles. The smallest absolute Gasteiger partial charge is 0.310 e. The van der Waals surface area contributed by atoms with Gasteiger partial charge in [0.15, 0.2) is 9.84 Å². The Morgan fingerprint density at radius 2 is 1.68 bits per heavy atom. The van der Waals surface area contributed by atoms with Crippen LogP contribution < -0.4 is 5.32 Å². The lowest BCUT2D eigenvalue weighted by Crippen LogP contribution is -2.48. The molecule has 2 aliphatic rings. The molecule has 112 valence electrons. The van der Waals surface area contributed by atoms with Crippen molar-refractivity contribution in [1.82, 2.24) is 5.32 Å². The molecule has 1 N–H and O–H groups in total. The average Bonchev–Trinajstić information content (AvgIpc) is 2.26. The Hall–Kier alpha value is -0.300. The molecule has 0 aromatic rings. The van der Waals surface area contributed by atoms with E-state index in [1.165, 1.54) is 0 Å². The van der Waals surface area contributed by atoms with Crippen LogP contribution in [0.5, 0.6) is 0 Å². The summed E-state index contributed by atoms with van der Waals surface area (Å²) in [5.41, 5.74) is 0. The first-order valence-electron chi connectivity index (χ1n) is 6.79. The minimum atomic E-state index is -4.13. The molecule has 3 nitrogen and oxygen atoms in total. The lowest BCUT2D eigenvalue weighted by Gasteiger charge is -2.34. The predicted molar refractivity (Wildman–Crippen MR) is 66.6 cm³/mol. The summed E-state index contributed by atoms with van der Waals surface area (Å²) in [4.78, 5) is 0. The molecule has 3 unspecified atom stereocenters. The summed E-state index contributed by atoms with van der Waals surface area (Å²) in [6.45, 7) is 0. The summed E-state index contributed by atoms with van der Waals surface area (Å²) >= 11 is 0. The molecule has 2 fully saturated rings. The highest BCUT2D eigenvalue weighted by Crippen LogP contribution is 2.37. The van der Waals surface area contributed by atoms with E-state index in [9.17, 15) is 21.6 Å². The minimum Gasteiger partial charge on any atom is -0.310 e. The maximum atomic E-state index is 12.7. The summed E-state index contributed by atoms with van der Waals surface area (Å²) in [5.74, 6) is -0.958. The van der Waals surface area contributed by atoms with Gasteiger partial charge in [0.05, 0.1) is 17.4 Å². The SMILES string of the molecule is O=S1(=O)CCCC(NC2CCCC(C(F)(F)F)C2)C1. The van der Waals surface area contributed by atoms with E-state index in [0.717, 1.165) is 6.42 Å². The highest BCUT2D eigenvalue weighted by molar-refractivity contribution is 7.91. The molecular weight excluding hydrogens is 279 g/mol. The van der Waals surface area contributed by atoms with E-state index in [4.69, 9.17) is 0 Å². The van der Waals surface area contributed by atoms with Crippen LogP contribution in [-0.4, -0.2) is 38.2 Å². The molecule has 1 saturated heterocycles. The van der Waals surface area contributed by atoms with Crippen molar-refractivity contribution in [1.29, 1.82) is 0 Å². The van der Waals surface area contributed by atoms with Crippen molar-refractivity contribution in [3.63, 3.8) is 0 Å². The van der Waals surface area contributed by atoms with Crippen LogP contribution in [0.3, 0.4) is 0 Å². The Balaban J connectivity index is 1.89. The quantitative estimate of drug-likeness (QED) is 0.851. The van der Waals surface area contributed by atoms with Gasteiger partial charge in [-0.2, -0.15) is 13.2 Å². The number of hydrogen-bond acceptors (Lipinski definition) is 3. The highest BCUT2D eigenvalue weighted by Gasteiger charge is 2.42. The first-order chi connectivity index (χ1) is 8.76. The second-order valence-electron chi connectivity index (χ2n) is 5.72. The Morgan fingerprint density at radius 3 is 2.32 bits per heavy atom. The topological polar surface area (TPSA) is 46.2 Å². The molecule has 0 amide bonds. The number of nitrogens with one attached hydrogen (secondary N) is 1. The summed E-state index contributed by atoms with van der Waals surface area (Å²) in [7, 11) is -3.01. The van der Waals surface area contributed by atoms with Gasteiger partial charge in [0.1, 0.15) is 0 Å². The third kappa shape index (κ3) is 4.34. The second-order valence-corrected chi connectivity index (χ2v) is 7.95. The van der Waals surface area contributed by atoms with E-state index >= 15 is 0 Å². The van der Waals surface area contributed by atoms with Crippen molar-refractivity contribution in [2.45, 2.75) is 56.8 Å². The molecule has 0 bridgehead atoms. The van der Waals surface area contributed by atoms with Gasteiger partial charge in [0.2, 0.25) is 0 Å². The standard InChI is InChI=1S/C12H20F3NO2S/c13-12(14,15)9-3-1-4-10(7-9)16-11-5-2-6-19(17,18)8-11/h9-11,16H,1-8H2. The van der Waals surface area contributed by atoms with Crippen LogP contribution in [0.2, 0.25) is 0 Å². The van der Waals surface area contributed by atoms with Gasteiger partial charge in [-0.1, -0.05) is 6.42 Å². The van der Waals surface area contributed by atoms with Gasteiger partial charge in [-0.3, -0.25) is 0 Å². The second kappa shape index (κ2) is 5.60. The van der Waals surface area contributed by atoms with Crippen LogP contribution >= 0.6 is 0 Å². The fourth-order valence-electron chi connectivity index (χ4n) is 3.13. The van der Waals surface area contributed by atoms with Gasteiger partial charge in [-0.05, 0) is 32.1 Å². The number of hydrogen-bond donors (Lipinski definition) is 1. The van der Waals surface area contributed by atoms with Crippen LogP contribution in [0.25, 0.3) is 0 Å². The predicted octanol–water partition coefficient (Wildman–Crippen LogP) is 2.27. The Kier molecular flexibility index (Phi) is 4.45. The molecule has 2 rings (SSSR count). The van der Waals surface area contributed by atoms with Crippen molar-refractivity contribution in [2.24, 2.45) is 5.92 Å². The molecule has 0 aromatic carbocycles. The largest absolute Gasteiger partial charge is 0.391 e. The van der Waals surface area contributed by atoms with Gasteiger partial charge in [-0.25, -0.2) is 8.42 Å². The zero-order chi connectivity index (χ0) is 14.1. The fraction of sp³-hybridized carbons (Fsp3) is 1.00. The Bertz CT molecular complexity index is 408. The van der Waals surface area contributed by atoms with Crippen LogP contribution in [0.4, 0.5) is 13.2 Å². The molecule has 1 saturated carbocycles. The van der Waals surface area contributed by atoms with Crippen molar-refractivity contribution >= 4 is 9.84 Å². The highest BCUT2D eigenvalue weighted by atomic mass is 32.2. The van der Waals surface area contributed by atoms with E-state index in [1.807, 2.05) is 0 Å². The van der Waals surface area contributed by atoms with E-state index in [-0.39, 0.29) is 36.4 Å². The maximum Gasteiger partial charge on any atom is 0.391 e. The molecule has 7 heteroatoms. The summed E-state index contributed by atoms with van der Waals surface area (Å²) in [5, 5.41) is 3.14. The molecule has 0 spiro atoms. The van der Waals surface area contributed by atoms with Crippen molar-refractivity contribution in [3.8, 4) is 0 Å². The lowest BCUT2D eigenvalue weighted by molar-refractivity contribution is -0.183. The molecule has 1 aliphatic carbocycles. The molecule has 0 radical (unpaired) electrons. The zero-order valence-electron chi connectivity index (χ0n) is 10.7. The van der Waals surface area contributed by atoms with E-state index in [0.29, 0.717) is 19.3 Å². The van der Waals surface area contributed by atoms with Gasteiger partial charge < -0.3 is 5.32 Å². The number of halogens is 3. The fourth-order valence-corrected chi connectivity index (χ4v) is 4.78. The van der Waals surface area contributed by atoms with Gasteiger partial charge in [0.25, 0.3) is 0 Å². The molecule has 19 heavy (non-hydrogen) atoms. The number of sulfone groups is 1. The number of rotatable bonds is 2. The van der Waals surface area contributed by atoms with Gasteiger partial charge in [0, 0.05) is 12.1 Å². The normalized spacial score (nSPS) is 36.1. The van der Waals surface area contributed by atoms with Gasteiger partial charge in [-0.15, -0.1) is 0 Å². The van der Waals surface area contributed by atoms with Crippen LogP contribution in [0.15, 0.2) is 0 Å². The van der Waals surface area contributed by atoms with Crippen molar-refractivity contribution in [2.75, 3.05) is 11.5 Å². The summed E-state index contributed by atoms with van der Waals surface area (Å²) < 4.78 is 61.1. The molecule has 1 heterocycles. The summed E-state index contributed by atoms with van der Waals surface area (Å²) in [6.07, 6.45) is -1.23. The van der Waals surface area contributed by atoms with Crippen LogP contribution in [0.1, 0.15) is 38.5 Å². The third-order valence-corrected chi connectivity index (χ3v) is 5.89. The van der Waals surface area contributed by atoms with Crippen LogP contribution in [-0.2, 0) is 9.84 Å². The van der Waals surface area contributed by atoms with Gasteiger partial charge >= 0.3 is 6.18 Å². The maximum absolute atomic E-state index is 12.7. The Morgan fingerprint density at radius 1 is 1.00 bits per heavy atom. The van der Waals surface area contributed by atoms with E-state index in [1.54, 1.807) is 0 Å². The third-order valence-electron chi connectivity index (χ3n) is 4.07. The lowest BCUT2D eigenvalue weighted by atomic mass is 9.85. The first kappa shape index (κ1) is 15.1. The minimum absolute atomic E-state index is 0.0696. The molecule has 1 aliphatic heterocycles. The summed E-state index contributed by atoms with van der Waals surface area (Å²) in [6, 6.07) is -0.366. The van der Waals surface area contributed by atoms with Crippen molar-refractivity contribution < 1.29 is 21.6 Å². The zero-order valence-corrected chi connectivity index (χ0v) is 11.6. The first-order valence-corrected chi connectivity index (χ1v) is 8.61. The monoisotopic (exact) mass is 299 g/mol. The Labute approximate surface area is 111 Å². The molecule has 3 atom stereocenters. The van der Waals surface area contributed by atoms with Crippen molar-refractivity contribution in [3.05, 3.63) is 0 Å². The van der Waals surface area contributed by atoms with Crippen LogP contribution in [0, 0.1) is 5.92 Å². The number of alkyl halides is 3. The van der Waals surface area contributed by atoms with E-state index in [2.05, 4.69) is 5.32 Å². The molecular formula is C12H20F3NO2S. The average molecular weight is 299 g/mol. The van der Waals surface area contributed by atoms with E-state index < -0.39 is 21.9 Å².